The quantitative estimate of drug-likeness (QED) is 0.308. The van der Waals surface area contributed by atoms with Crippen LogP contribution >= 0.6 is 12.4 Å². The number of hydrogen-bond acceptors (Lipinski definition) is 10. The molecule has 1 heterocycles. The van der Waals surface area contributed by atoms with Gasteiger partial charge in [0.15, 0.2) is 11.5 Å². The van der Waals surface area contributed by atoms with Crippen LogP contribution in [-0.2, 0) is 0 Å². The predicted molar refractivity (Wildman–Crippen MR) is 124 cm³/mol. The molecule has 1 amide bonds. The Morgan fingerprint density at radius 2 is 1.70 bits per heavy atom. The fourth-order valence-electron chi connectivity index (χ4n) is 2.88. The van der Waals surface area contributed by atoms with Crippen LogP contribution in [-0.4, -0.2) is 42.1 Å². The molecule has 0 aliphatic rings. The van der Waals surface area contributed by atoms with Crippen molar-refractivity contribution in [2.45, 2.75) is 0 Å². The summed E-state index contributed by atoms with van der Waals surface area (Å²) in [6.45, 7) is 0. The van der Waals surface area contributed by atoms with Gasteiger partial charge in [0, 0.05) is 17.8 Å². The smallest absolute Gasteiger partial charge is 0.329 e. The topological polar surface area (TPSA) is 164 Å². The number of para-hydroxylation sites is 1. The van der Waals surface area contributed by atoms with Crippen LogP contribution in [0, 0.1) is 10.1 Å². The van der Waals surface area contributed by atoms with E-state index in [4.69, 9.17) is 19.9 Å². The molecule has 3 aromatic rings. The van der Waals surface area contributed by atoms with E-state index in [1.807, 2.05) is 0 Å². The number of carbonyl (C=O) groups is 1. The summed E-state index contributed by atoms with van der Waals surface area (Å²) >= 11 is 0. The molecule has 4 N–H and O–H groups in total. The number of hydrogen-bond donors (Lipinski definition) is 3. The number of nitro groups is 1. The zero-order valence-electron chi connectivity index (χ0n) is 17.8. The van der Waals surface area contributed by atoms with Crippen LogP contribution in [0.2, 0.25) is 0 Å². The van der Waals surface area contributed by atoms with Crippen LogP contribution in [0.25, 0.3) is 0 Å². The zero-order chi connectivity index (χ0) is 23.3. The molecule has 3 rings (SSSR count). The molecule has 0 unspecified atom stereocenters. The number of ether oxygens (including phenoxy) is 3. The first-order chi connectivity index (χ1) is 15.4. The van der Waals surface area contributed by atoms with E-state index < -0.39 is 10.8 Å². The number of nitrogens with one attached hydrogen (secondary N) is 2. The Labute approximate surface area is 194 Å². The molecule has 0 bridgehead atoms. The van der Waals surface area contributed by atoms with E-state index in [2.05, 4.69) is 20.6 Å². The van der Waals surface area contributed by atoms with Gasteiger partial charge in [-0.1, -0.05) is 12.1 Å². The van der Waals surface area contributed by atoms with Gasteiger partial charge in [0.25, 0.3) is 5.91 Å². The summed E-state index contributed by atoms with van der Waals surface area (Å²) in [5, 5.41) is 17.2. The van der Waals surface area contributed by atoms with E-state index in [0.717, 1.165) is 6.20 Å². The highest BCUT2D eigenvalue weighted by Gasteiger charge is 2.20. The average molecular weight is 477 g/mol. The molecule has 1 aromatic heterocycles. The average Bonchev–Trinajstić information content (AvgIpc) is 2.78. The molecule has 0 saturated carbocycles. The number of anilines is 4. The Bertz CT molecular complexity index is 1150. The maximum absolute atomic E-state index is 11.7. The van der Waals surface area contributed by atoms with Crippen molar-refractivity contribution in [2.24, 2.45) is 5.73 Å². The second-order valence-corrected chi connectivity index (χ2v) is 6.26. The number of halogens is 1. The molecule has 0 atom stereocenters. The summed E-state index contributed by atoms with van der Waals surface area (Å²) in [7, 11) is 4.43. The van der Waals surface area contributed by atoms with Crippen LogP contribution < -0.4 is 30.6 Å². The highest BCUT2D eigenvalue weighted by molar-refractivity contribution is 5.99. The normalized spacial score (nSPS) is 9.91. The Morgan fingerprint density at radius 3 is 2.24 bits per heavy atom. The summed E-state index contributed by atoms with van der Waals surface area (Å²) in [4.78, 5) is 30.7. The molecule has 0 aliphatic carbocycles. The summed E-state index contributed by atoms with van der Waals surface area (Å²) in [5.41, 5.74) is 5.90. The number of nitrogens with two attached hydrogens (primary N) is 1. The number of carbonyl (C=O) groups excluding carboxylic acids is 1. The van der Waals surface area contributed by atoms with Crippen molar-refractivity contribution < 1.29 is 23.9 Å². The van der Waals surface area contributed by atoms with Crippen molar-refractivity contribution in [2.75, 3.05) is 32.0 Å². The lowest BCUT2D eigenvalue weighted by atomic mass is 10.1. The van der Waals surface area contributed by atoms with Gasteiger partial charge in [0.05, 0.1) is 37.5 Å². The number of methoxy groups -OCH3 is 3. The van der Waals surface area contributed by atoms with Gasteiger partial charge in [0.1, 0.15) is 6.20 Å². The molecular weight excluding hydrogens is 456 g/mol. The van der Waals surface area contributed by atoms with E-state index in [0.29, 0.717) is 22.9 Å². The van der Waals surface area contributed by atoms with Crippen molar-refractivity contribution in [3.05, 3.63) is 58.3 Å². The molecular formula is C20H21ClN6O6. The molecule has 174 valence electrons. The highest BCUT2D eigenvalue weighted by atomic mass is 35.5. The predicted octanol–water partition coefficient (Wildman–Crippen LogP) is 3.42. The van der Waals surface area contributed by atoms with E-state index in [-0.39, 0.29) is 41.1 Å². The molecule has 13 heteroatoms. The fourth-order valence-corrected chi connectivity index (χ4v) is 2.88. The van der Waals surface area contributed by atoms with E-state index in [9.17, 15) is 14.9 Å². The third-order valence-corrected chi connectivity index (χ3v) is 4.33. The maximum atomic E-state index is 11.7. The van der Waals surface area contributed by atoms with Crippen LogP contribution in [0.3, 0.4) is 0 Å². The summed E-state index contributed by atoms with van der Waals surface area (Å²) < 4.78 is 15.9. The second-order valence-electron chi connectivity index (χ2n) is 6.26. The minimum absolute atomic E-state index is 0. The second kappa shape index (κ2) is 10.8. The summed E-state index contributed by atoms with van der Waals surface area (Å²) in [5.74, 6) is 0.406. The molecule has 12 nitrogen and oxygen atoms in total. The molecule has 2 aromatic carbocycles. The summed E-state index contributed by atoms with van der Waals surface area (Å²) in [6.07, 6.45) is 1.04. The molecule has 0 fully saturated rings. The first-order valence-electron chi connectivity index (χ1n) is 9.12. The Balaban J connectivity index is 0.00000385. The minimum atomic E-state index is -0.694. The van der Waals surface area contributed by atoms with Crippen molar-refractivity contribution >= 4 is 47.1 Å². The molecule has 0 aliphatic heterocycles. The SMILES string of the molecule is COc1cc(Nc2ncc([N+](=O)[O-])c(Nc3ccccc3C(N)=O)n2)cc(OC)c1OC.Cl. The van der Waals surface area contributed by atoms with Crippen LogP contribution in [0.5, 0.6) is 17.2 Å². The van der Waals surface area contributed by atoms with E-state index in [1.54, 1.807) is 30.3 Å². The fraction of sp³-hybridized carbons (Fsp3) is 0.150. The number of amides is 1. The lowest BCUT2D eigenvalue weighted by Crippen LogP contribution is -2.14. The Kier molecular flexibility index (Phi) is 8.18. The molecule has 33 heavy (non-hydrogen) atoms. The highest BCUT2D eigenvalue weighted by Crippen LogP contribution is 2.40. The lowest BCUT2D eigenvalue weighted by Gasteiger charge is -2.15. The largest absolute Gasteiger partial charge is 0.493 e. The van der Waals surface area contributed by atoms with Gasteiger partial charge >= 0.3 is 5.69 Å². The van der Waals surface area contributed by atoms with E-state index >= 15 is 0 Å². The number of primary amides is 1. The first kappa shape index (κ1) is 24.9. The number of rotatable bonds is 9. The summed E-state index contributed by atoms with van der Waals surface area (Å²) in [6, 6.07) is 9.57. The molecule has 0 spiro atoms. The van der Waals surface area contributed by atoms with Crippen molar-refractivity contribution in [1.82, 2.24) is 9.97 Å². The Hall–Kier alpha value is -4.32. The lowest BCUT2D eigenvalue weighted by molar-refractivity contribution is -0.384. The van der Waals surface area contributed by atoms with Gasteiger partial charge in [-0.2, -0.15) is 4.98 Å². The van der Waals surface area contributed by atoms with Crippen LogP contribution in [0.15, 0.2) is 42.6 Å². The number of aromatic nitrogens is 2. The van der Waals surface area contributed by atoms with Gasteiger partial charge in [-0.15, -0.1) is 12.4 Å². The van der Waals surface area contributed by atoms with Crippen molar-refractivity contribution in [3.8, 4) is 17.2 Å². The van der Waals surface area contributed by atoms with Gasteiger partial charge in [-0.25, -0.2) is 4.98 Å². The third-order valence-electron chi connectivity index (χ3n) is 4.33. The molecule has 0 saturated heterocycles. The number of benzene rings is 2. The van der Waals surface area contributed by atoms with E-state index in [1.165, 1.54) is 27.4 Å². The van der Waals surface area contributed by atoms with Gasteiger partial charge < -0.3 is 30.6 Å². The first-order valence-corrected chi connectivity index (χ1v) is 9.12. The minimum Gasteiger partial charge on any atom is -0.493 e. The van der Waals surface area contributed by atoms with Crippen molar-refractivity contribution in [3.63, 3.8) is 0 Å². The third kappa shape index (κ3) is 5.49. The van der Waals surface area contributed by atoms with Crippen LogP contribution in [0.4, 0.5) is 28.8 Å². The monoisotopic (exact) mass is 476 g/mol. The van der Waals surface area contributed by atoms with Gasteiger partial charge in [-0.05, 0) is 12.1 Å². The Morgan fingerprint density at radius 1 is 1.06 bits per heavy atom. The van der Waals surface area contributed by atoms with Crippen LogP contribution in [0.1, 0.15) is 10.4 Å². The van der Waals surface area contributed by atoms with Gasteiger partial charge in [-0.3, -0.25) is 14.9 Å². The number of nitrogens with zero attached hydrogens (tertiary/aromatic N) is 3. The maximum Gasteiger partial charge on any atom is 0.329 e. The zero-order valence-corrected chi connectivity index (χ0v) is 18.6. The molecule has 0 radical (unpaired) electrons. The standard InChI is InChI=1S/C20H20N6O6.ClH/c1-30-15-8-11(9-16(31-2)17(15)32-3)23-20-22-10-14(26(28)29)19(25-20)24-13-7-5-4-6-12(13)18(21)27;/h4-10H,1-3H3,(H2,21,27)(H2,22,23,24,25);1H. The van der Waals surface area contributed by atoms with Gasteiger partial charge in [0.2, 0.25) is 17.5 Å². The van der Waals surface area contributed by atoms with Crippen molar-refractivity contribution in [1.29, 1.82) is 0 Å².